The Balaban J connectivity index is 1.51. The summed E-state index contributed by atoms with van der Waals surface area (Å²) < 4.78 is 37.4. The molecule has 0 radical (unpaired) electrons. The maximum atomic E-state index is 12.6. The molecule has 1 aliphatic rings. The van der Waals surface area contributed by atoms with Crippen LogP contribution in [0.15, 0.2) is 52.7 Å². The van der Waals surface area contributed by atoms with Gasteiger partial charge in [0.15, 0.2) is 16.6 Å². The lowest BCUT2D eigenvalue weighted by Crippen LogP contribution is -2.30. The van der Waals surface area contributed by atoms with Crippen LogP contribution in [0.5, 0.6) is 11.5 Å². The van der Waals surface area contributed by atoms with Gasteiger partial charge in [-0.2, -0.15) is 4.31 Å². The molecule has 7 nitrogen and oxygen atoms in total. The van der Waals surface area contributed by atoms with E-state index in [1.165, 1.54) is 15.6 Å². The lowest BCUT2D eigenvalue weighted by atomic mass is 10.2. The Morgan fingerprint density at radius 2 is 1.79 bits per heavy atom. The quantitative estimate of drug-likeness (QED) is 0.600. The SMILES string of the molecule is CCN(CC)S(=O)(=O)c1ccc(-c2csc(Nc3ccc4c(c3)OCO4)n2)cc1. The molecule has 0 saturated carbocycles. The molecule has 1 aliphatic heterocycles. The molecule has 152 valence electrons. The van der Waals surface area contributed by atoms with E-state index in [9.17, 15) is 8.42 Å². The van der Waals surface area contributed by atoms with E-state index >= 15 is 0 Å². The molecule has 2 aromatic carbocycles. The third-order valence-corrected chi connectivity index (χ3v) is 7.44. The predicted molar refractivity (Wildman–Crippen MR) is 114 cm³/mol. The average molecular weight is 432 g/mol. The summed E-state index contributed by atoms with van der Waals surface area (Å²) >= 11 is 1.47. The highest BCUT2D eigenvalue weighted by Gasteiger charge is 2.21. The van der Waals surface area contributed by atoms with E-state index in [-0.39, 0.29) is 6.79 Å². The van der Waals surface area contributed by atoms with E-state index in [1.54, 1.807) is 24.3 Å². The Labute approximate surface area is 174 Å². The zero-order chi connectivity index (χ0) is 20.4. The van der Waals surface area contributed by atoms with Gasteiger partial charge in [-0.25, -0.2) is 13.4 Å². The van der Waals surface area contributed by atoms with Crippen molar-refractivity contribution in [3.05, 3.63) is 47.8 Å². The summed E-state index contributed by atoms with van der Waals surface area (Å²) in [5, 5.41) is 5.93. The minimum atomic E-state index is -3.46. The molecule has 0 amide bonds. The summed E-state index contributed by atoms with van der Waals surface area (Å²) in [5.41, 5.74) is 2.50. The normalized spacial score (nSPS) is 13.1. The second-order valence-electron chi connectivity index (χ2n) is 6.34. The number of rotatable bonds is 7. The van der Waals surface area contributed by atoms with Gasteiger partial charge >= 0.3 is 0 Å². The van der Waals surface area contributed by atoms with Crippen molar-refractivity contribution in [1.82, 2.24) is 9.29 Å². The molecule has 0 spiro atoms. The summed E-state index contributed by atoms with van der Waals surface area (Å²) in [6.07, 6.45) is 0. The maximum Gasteiger partial charge on any atom is 0.243 e. The van der Waals surface area contributed by atoms with Crippen LogP contribution in [0, 0.1) is 0 Å². The van der Waals surface area contributed by atoms with Crippen molar-refractivity contribution in [1.29, 1.82) is 0 Å². The summed E-state index contributed by atoms with van der Waals surface area (Å²) in [7, 11) is -3.46. The van der Waals surface area contributed by atoms with Crippen molar-refractivity contribution >= 4 is 32.2 Å². The van der Waals surface area contributed by atoms with Gasteiger partial charge in [0.2, 0.25) is 16.8 Å². The molecule has 0 saturated heterocycles. The first-order valence-electron chi connectivity index (χ1n) is 9.24. The molecule has 3 aromatic rings. The van der Waals surface area contributed by atoms with Gasteiger partial charge in [-0.1, -0.05) is 26.0 Å². The van der Waals surface area contributed by atoms with Gasteiger partial charge in [-0.3, -0.25) is 0 Å². The fourth-order valence-corrected chi connectivity index (χ4v) is 5.27. The smallest absolute Gasteiger partial charge is 0.243 e. The molecule has 0 unspecified atom stereocenters. The van der Waals surface area contributed by atoms with Crippen molar-refractivity contribution in [2.75, 3.05) is 25.2 Å². The lowest BCUT2D eigenvalue weighted by Gasteiger charge is -2.18. The van der Waals surface area contributed by atoms with Gasteiger partial charge in [0.05, 0.1) is 10.6 Å². The second kappa shape index (κ2) is 8.02. The van der Waals surface area contributed by atoms with Gasteiger partial charge in [-0.05, 0) is 24.3 Å². The van der Waals surface area contributed by atoms with Gasteiger partial charge in [0.25, 0.3) is 0 Å². The number of fused-ring (bicyclic) bond motifs is 1. The van der Waals surface area contributed by atoms with E-state index in [1.807, 2.05) is 37.4 Å². The third kappa shape index (κ3) is 3.93. The number of ether oxygens (including phenoxy) is 2. The number of nitrogens with zero attached hydrogens (tertiary/aromatic N) is 2. The second-order valence-corrected chi connectivity index (χ2v) is 9.14. The summed E-state index contributed by atoms with van der Waals surface area (Å²) in [6.45, 7) is 4.79. The molecule has 4 rings (SSSR count). The zero-order valence-electron chi connectivity index (χ0n) is 16.1. The van der Waals surface area contributed by atoms with E-state index < -0.39 is 10.0 Å². The molecule has 9 heteroatoms. The molecule has 0 fully saturated rings. The van der Waals surface area contributed by atoms with Crippen molar-refractivity contribution in [3.63, 3.8) is 0 Å². The number of aromatic nitrogens is 1. The molecule has 29 heavy (non-hydrogen) atoms. The van der Waals surface area contributed by atoms with E-state index in [4.69, 9.17) is 9.47 Å². The maximum absolute atomic E-state index is 12.6. The Kier molecular flexibility index (Phi) is 5.44. The van der Waals surface area contributed by atoms with Gasteiger partial charge < -0.3 is 14.8 Å². The summed E-state index contributed by atoms with van der Waals surface area (Å²) in [5.74, 6) is 1.44. The molecule has 1 N–H and O–H groups in total. The van der Waals surface area contributed by atoms with Crippen LogP contribution in [-0.4, -0.2) is 37.6 Å². The van der Waals surface area contributed by atoms with Crippen LogP contribution in [0.4, 0.5) is 10.8 Å². The van der Waals surface area contributed by atoms with Crippen LogP contribution < -0.4 is 14.8 Å². The van der Waals surface area contributed by atoms with Crippen LogP contribution >= 0.6 is 11.3 Å². The number of sulfonamides is 1. The Bertz CT molecular complexity index is 1110. The van der Waals surface area contributed by atoms with Gasteiger partial charge in [0.1, 0.15) is 0 Å². The van der Waals surface area contributed by atoms with Gasteiger partial charge in [-0.15, -0.1) is 11.3 Å². The lowest BCUT2D eigenvalue weighted by molar-refractivity contribution is 0.174. The van der Waals surface area contributed by atoms with Crippen LogP contribution in [-0.2, 0) is 10.0 Å². The first-order chi connectivity index (χ1) is 14.0. The molecule has 0 bridgehead atoms. The first kappa shape index (κ1) is 19.7. The highest BCUT2D eigenvalue weighted by atomic mass is 32.2. The van der Waals surface area contributed by atoms with Crippen molar-refractivity contribution < 1.29 is 17.9 Å². The molecule has 0 atom stereocenters. The van der Waals surface area contributed by atoms with Crippen LogP contribution in [0.3, 0.4) is 0 Å². The number of benzene rings is 2. The number of anilines is 2. The van der Waals surface area contributed by atoms with Gasteiger partial charge in [0, 0.05) is 35.8 Å². The van der Waals surface area contributed by atoms with E-state index in [2.05, 4.69) is 10.3 Å². The Hall–Kier alpha value is -2.62. The van der Waals surface area contributed by atoms with Crippen molar-refractivity contribution in [2.45, 2.75) is 18.7 Å². The number of hydrogen-bond donors (Lipinski definition) is 1. The zero-order valence-corrected chi connectivity index (χ0v) is 17.7. The monoisotopic (exact) mass is 431 g/mol. The average Bonchev–Trinajstić information content (AvgIpc) is 3.38. The fourth-order valence-electron chi connectivity index (χ4n) is 3.07. The molecular formula is C20H21N3O4S2. The third-order valence-electron chi connectivity index (χ3n) is 4.62. The van der Waals surface area contributed by atoms with E-state index in [0.717, 1.165) is 27.8 Å². The molecule has 1 aromatic heterocycles. The molecular weight excluding hydrogens is 410 g/mol. The minimum absolute atomic E-state index is 0.236. The topological polar surface area (TPSA) is 80.8 Å². The van der Waals surface area contributed by atoms with E-state index in [0.29, 0.717) is 23.7 Å². The predicted octanol–water partition coefficient (Wildman–Crippen LogP) is 4.31. The Morgan fingerprint density at radius 3 is 2.52 bits per heavy atom. The highest BCUT2D eigenvalue weighted by molar-refractivity contribution is 7.89. The Morgan fingerprint density at radius 1 is 1.07 bits per heavy atom. The largest absolute Gasteiger partial charge is 0.454 e. The fraction of sp³-hybridized carbons (Fsp3) is 0.250. The summed E-state index contributed by atoms with van der Waals surface area (Å²) in [4.78, 5) is 4.89. The highest BCUT2D eigenvalue weighted by Crippen LogP contribution is 2.36. The van der Waals surface area contributed by atoms with Crippen molar-refractivity contribution in [2.24, 2.45) is 0 Å². The standard InChI is InChI=1S/C20H21N3O4S2/c1-3-23(4-2)29(24,25)16-8-5-14(6-9-16)17-12-28-20(22-17)21-15-7-10-18-19(11-15)27-13-26-18/h5-12H,3-4,13H2,1-2H3,(H,21,22). The number of thiazole rings is 1. The minimum Gasteiger partial charge on any atom is -0.454 e. The summed E-state index contributed by atoms with van der Waals surface area (Å²) in [6, 6.07) is 12.5. The van der Waals surface area contributed by atoms with Crippen LogP contribution in [0.2, 0.25) is 0 Å². The molecule has 0 aliphatic carbocycles. The number of nitrogens with one attached hydrogen (secondary N) is 1. The number of hydrogen-bond acceptors (Lipinski definition) is 7. The van der Waals surface area contributed by atoms with Crippen LogP contribution in [0.1, 0.15) is 13.8 Å². The molecule has 2 heterocycles. The first-order valence-corrected chi connectivity index (χ1v) is 11.6. The van der Waals surface area contributed by atoms with Crippen molar-refractivity contribution in [3.8, 4) is 22.8 Å². The van der Waals surface area contributed by atoms with Crippen LogP contribution in [0.25, 0.3) is 11.3 Å².